The van der Waals surface area contributed by atoms with Gasteiger partial charge in [-0.2, -0.15) is 0 Å². The Morgan fingerprint density at radius 1 is 1.20 bits per heavy atom. The minimum absolute atomic E-state index is 0.704. The van der Waals surface area contributed by atoms with E-state index in [9.17, 15) is 10.2 Å². The summed E-state index contributed by atoms with van der Waals surface area (Å²) < 4.78 is 0. The van der Waals surface area contributed by atoms with E-state index in [4.69, 9.17) is 5.73 Å². The van der Waals surface area contributed by atoms with E-state index in [1.54, 1.807) is 26.0 Å². The zero-order valence-electron chi connectivity index (χ0n) is 9.31. The molecule has 0 saturated carbocycles. The van der Waals surface area contributed by atoms with Gasteiger partial charge in [-0.05, 0) is 44.5 Å². The molecule has 1 aromatic rings. The fraction of sp³-hybridized carbons (Fsp3) is 0.455. The first-order chi connectivity index (χ1) is 6.93. The van der Waals surface area contributed by atoms with Gasteiger partial charge in [-0.1, -0.05) is 0 Å². The average Bonchev–Trinajstić information content (AvgIpc) is 2.10. The van der Waals surface area contributed by atoms with Crippen LogP contribution in [0.4, 0.5) is 11.4 Å². The van der Waals surface area contributed by atoms with Crippen LogP contribution >= 0.6 is 0 Å². The number of aliphatic hydroxyl groups excluding tert-OH is 2. The van der Waals surface area contributed by atoms with Gasteiger partial charge in [0.05, 0.1) is 0 Å². The summed E-state index contributed by atoms with van der Waals surface area (Å²) in [5, 5.41) is 19.1. The van der Waals surface area contributed by atoms with Crippen molar-refractivity contribution in [1.29, 1.82) is 0 Å². The molecule has 0 aromatic heterocycles. The first kappa shape index (κ1) is 11.8. The summed E-state index contributed by atoms with van der Waals surface area (Å²) in [4.78, 5) is 1.51. The van der Waals surface area contributed by atoms with Gasteiger partial charge in [-0.3, -0.25) is 0 Å². The first-order valence-electron chi connectivity index (χ1n) is 4.94. The molecule has 0 aliphatic heterocycles. The minimum Gasteiger partial charge on any atom is -0.399 e. The third-order valence-corrected chi connectivity index (χ3v) is 2.36. The molecule has 0 aliphatic rings. The van der Waals surface area contributed by atoms with Crippen molar-refractivity contribution in [1.82, 2.24) is 0 Å². The van der Waals surface area contributed by atoms with E-state index in [-0.39, 0.29) is 0 Å². The third kappa shape index (κ3) is 2.61. The summed E-state index contributed by atoms with van der Waals surface area (Å²) in [6.45, 7) is 5.11. The van der Waals surface area contributed by atoms with Crippen LogP contribution in [-0.2, 0) is 0 Å². The van der Waals surface area contributed by atoms with Crippen LogP contribution in [0.2, 0.25) is 0 Å². The zero-order valence-corrected chi connectivity index (χ0v) is 9.31. The van der Waals surface area contributed by atoms with Crippen LogP contribution in [0.15, 0.2) is 18.2 Å². The molecule has 0 heterocycles. The normalized spacial score (nSPS) is 14.7. The highest BCUT2D eigenvalue weighted by Gasteiger charge is 2.16. The van der Waals surface area contributed by atoms with E-state index in [0.29, 0.717) is 5.69 Å². The van der Waals surface area contributed by atoms with Crippen molar-refractivity contribution in [2.75, 3.05) is 10.6 Å². The number of hydrogen-bond acceptors (Lipinski definition) is 4. The molecule has 0 radical (unpaired) electrons. The van der Waals surface area contributed by atoms with Gasteiger partial charge in [0.1, 0.15) is 12.5 Å². The summed E-state index contributed by atoms with van der Waals surface area (Å²) in [5.41, 5.74) is 8.09. The summed E-state index contributed by atoms with van der Waals surface area (Å²) in [5.74, 6) is 0. The molecule has 84 valence electrons. The Balaban J connectivity index is 3.07. The van der Waals surface area contributed by atoms with Crippen molar-refractivity contribution >= 4 is 11.4 Å². The van der Waals surface area contributed by atoms with Gasteiger partial charge in [0, 0.05) is 11.4 Å². The monoisotopic (exact) mass is 210 g/mol. The van der Waals surface area contributed by atoms with E-state index in [2.05, 4.69) is 0 Å². The van der Waals surface area contributed by atoms with Gasteiger partial charge in [-0.25, -0.2) is 0 Å². The van der Waals surface area contributed by atoms with Gasteiger partial charge in [-0.15, -0.1) is 0 Å². The molecule has 4 heteroatoms. The SMILES string of the molecule is Cc1cc(N(C(C)O)C(C)O)ccc1N. The maximum Gasteiger partial charge on any atom is 0.126 e. The molecule has 0 aliphatic carbocycles. The molecular formula is C11H18N2O2. The number of aliphatic hydroxyl groups is 2. The van der Waals surface area contributed by atoms with Crippen LogP contribution in [-0.4, -0.2) is 22.7 Å². The molecule has 4 nitrogen and oxygen atoms in total. The molecule has 0 saturated heterocycles. The summed E-state index contributed by atoms with van der Waals surface area (Å²) in [6, 6.07) is 5.39. The van der Waals surface area contributed by atoms with Crippen LogP contribution in [0, 0.1) is 6.92 Å². The van der Waals surface area contributed by atoms with Crippen molar-refractivity contribution in [3.8, 4) is 0 Å². The molecule has 4 N–H and O–H groups in total. The van der Waals surface area contributed by atoms with Crippen LogP contribution in [0.5, 0.6) is 0 Å². The molecule has 0 bridgehead atoms. The van der Waals surface area contributed by atoms with Crippen molar-refractivity contribution in [2.45, 2.75) is 33.2 Å². The van der Waals surface area contributed by atoms with Crippen LogP contribution in [0.25, 0.3) is 0 Å². The lowest BCUT2D eigenvalue weighted by atomic mass is 10.1. The predicted molar refractivity (Wildman–Crippen MR) is 61.4 cm³/mol. The highest BCUT2D eigenvalue weighted by Crippen LogP contribution is 2.23. The summed E-state index contributed by atoms with van der Waals surface area (Å²) in [6.07, 6.45) is -1.49. The quantitative estimate of drug-likeness (QED) is 0.515. The lowest BCUT2D eigenvalue weighted by Gasteiger charge is -2.30. The van der Waals surface area contributed by atoms with E-state index in [1.807, 2.05) is 13.0 Å². The van der Waals surface area contributed by atoms with Gasteiger partial charge in [0.25, 0.3) is 0 Å². The Bertz CT molecular complexity index is 329. The predicted octanol–water partition coefficient (Wildman–Crippen LogP) is 1.06. The Hall–Kier alpha value is -1.26. The fourth-order valence-corrected chi connectivity index (χ4v) is 1.56. The highest BCUT2D eigenvalue weighted by molar-refractivity contribution is 5.58. The van der Waals surface area contributed by atoms with E-state index >= 15 is 0 Å². The number of benzene rings is 1. The molecule has 1 aromatic carbocycles. The summed E-state index contributed by atoms with van der Waals surface area (Å²) >= 11 is 0. The van der Waals surface area contributed by atoms with Gasteiger partial charge >= 0.3 is 0 Å². The Kier molecular flexibility index (Phi) is 3.55. The van der Waals surface area contributed by atoms with Crippen LogP contribution in [0.3, 0.4) is 0 Å². The number of nitrogens with two attached hydrogens (primary N) is 1. The standard InChI is InChI=1S/C11H18N2O2/c1-7-6-10(4-5-11(7)12)13(8(2)14)9(3)15/h4-6,8-9,14-15H,12H2,1-3H3. The molecule has 1 rings (SSSR count). The Labute approximate surface area is 89.9 Å². The van der Waals surface area contributed by atoms with Gasteiger partial charge in [0.2, 0.25) is 0 Å². The van der Waals surface area contributed by atoms with Gasteiger partial charge < -0.3 is 20.8 Å². The number of anilines is 2. The fourth-order valence-electron chi connectivity index (χ4n) is 1.56. The minimum atomic E-state index is -0.743. The lowest BCUT2D eigenvalue weighted by molar-refractivity contribution is 0.105. The largest absolute Gasteiger partial charge is 0.399 e. The first-order valence-corrected chi connectivity index (χ1v) is 4.94. The maximum absolute atomic E-state index is 9.53. The second-order valence-corrected chi connectivity index (χ2v) is 3.71. The molecule has 0 fully saturated rings. The zero-order chi connectivity index (χ0) is 11.6. The smallest absolute Gasteiger partial charge is 0.126 e. The van der Waals surface area contributed by atoms with E-state index < -0.39 is 12.5 Å². The average molecular weight is 210 g/mol. The van der Waals surface area contributed by atoms with E-state index in [1.165, 1.54) is 4.90 Å². The maximum atomic E-state index is 9.53. The highest BCUT2D eigenvalue weighted by atomic mass is 16.3. The molecular weight excluding hydrogens is 192 g/mol. The Morgan fingerprint density at radius 3 is 2.13 bits per heavy atom. The second-order valence-electron chi connectivity index (χ2n) is 3.71. The number of nitrogen functional groups attached to an aromatic ring is 1. The number of nitrogens with zero attached hydrogens (tertiary/aromatic N) is 1. The third-order valence-electron chi connectivity index (χ3n) is 2.36. The number of rotatable bonds is 3. The number of aryl methyl sites for hydroxylation is 1. The topological polar surface area (TPSA) is 69.7 Å². The summed E-state index contributed by atoms with van der Waals surface area (Å²) in [7, 11) is 0. The molecule has 0 amide bonds. The van der Waals surface area contributed by atoms with Crippen molar-refractivity contribution in [3.05, 3.63) is 23.8 Å². The van der Waals surface area contributed by atoms with Crippen molar-refractivity contribution < 1.29 is 10.2 Å². The van der Waals surface area contributed by atoms with Crippen molar-refractivity contribution in [2.24, 2.45) is 0 Å². The Morgan fingerprint density at radius 2 is 1.73 bits per heavy atom. The van der Waals surface area contributed by atoms with E-state index in [0.717, 1.165) is 11.3 Å². The lowest BCUT2D eigenvalue weighted by Crippen LogP contribution is -2.40. The van der Waals surface area contributed by atoms with Crippen LogP contribution in [0.1, 0.15) is 19.4 Å². The molecule has 15 heavy (non-hydrogen) atoms. The second kappa shape index (κ2) is 4.51. The van der Waals surface area contributed by atoms with Gasteiger partial charge in [0.15, 0.2) is 0 Å². The van der Waals surface area contributed by atoms with Crippen molar-refractivity contribution in [3.63, 3.8) is 0 Å². The molecule has 2 unspecified atom stereocenters. The number of hydrogen-bond donors (Lipinski definition) is 3. The molecule has 0 spiro atoms. The molecule has 2 atom stereocenters. The van der Waals surface area contributed by atoms with Crippen LogP contribution < -0.4 is 10.6 Å².